The first-order chi connectivity index (χ1) is 8.60. The summed E-state index contributed by atoms with van der Waals surface area (Å²) in [5.41, 5.74) is 2.22. The van der Waals surface area contributed by atoms with Gasteiger partial charge in [-0.2, -0.15) is 0 Å². The van der Waals surface area contributed by atoms with Gasteiger partial charge in [0.15, 0.2) is 0 Å². The fourth-order valence-electron chi connectivity index (χ4n) is 2.08. The quantitative estimate of drug-likeness (QED) is 0.657. The minimum absolute atomic E-state index is 0.0196. The molecule has 1 aliphatic heterocycles. The van der Waals surface area contributed by atoms with Gasteiger partial charge in [-0.05, 0) is 43.0 Å². The van der Waals surface area contributed by atoms with E-state index < -0.39 is 0 Å². The Morgan fingerprint density at radius 1 is 1.56 bits per heavy atom. The molecule has 1 aromatic carbocycles. The van der Waals surface area contributed by atoms with E-state index in [0.29, 0.717) is 5.76 Å². The first-order valence-corrected chi connectivity index (χ1v) is 6.00. The molecule has 0 aliphatic carbocycles. The van der Waals surface area contributed by atoms with Crippen LogP contribution in [0.2, 0.25) is 0 Å². The van der Waals surface area contributed by atoms with Crippen LogP contribution in [0.25, 0.3) is 0 Å². The molecule has 96 valence electrons. The highest BCUT2D eigenvalue weighted by atomic mass is 16.5. The smallest absolute Gasteiger partial charge is 0.127 e. The van der Waals surface area contributed by atoms with Gasteiger partial charge in [0.2, 0.25) is 0 Å². The molecule has 18 heavy (non-hydrogen) atoms. The number of allylic oxidation sites excluding steroid dienone is 1. The molecule has 0 saturated carbocycles. The van der Waals surface area contributed by atoms with Crippen LogP contribution in [0.5, 0.6) is 11.5 Å². The molecule has 1 aliphatic rings. The molecule has 3 nitrogen and oxygen atoms in total. The number of phenolic OH excluding ortho intramolecular Hbond substituents is 1. The van der Waals surface area contributed by atoms with E-state index in [9.17, 15) is 5.11 Å². The largest absolute Gasteiger partial charge is 0.508 e. The SMILES string of the molecule is C=C(/C=C(\C)[C@@H]1CCc2ccc(O)cc2O1)OC. The van der Waals surface area contributed by atoms with E-state index in [1.807, 2.05) is 19.1 Å². The van der Waals surface area contributed by atoms with Gasteiger partial charge in [0.25, 0.3) is 0 Å². The van der Waals surface area contributed by atoms with Crippen molar-refractivity contribution in [1.82, 2.24) is 0 Å². The lowest BCUT2D eigenvalue weighted by atomic mass is 9.97. The van der Waals surface area contributed by atoms with Crippen molar-refractivity contribution < 1.29 is 14.6 Å². The Kier molecular flexibility index (Phi) is 3.60. The topological polar surface area (TPSA) is 38.7 Å². The lowest BCUT2D eigenvalue weighted by Crippen LogP contribution is -2.23. The Morgan fingerprint density at radius 3 is 3.06 bits per heavy atom. The van der Waals surface area contributed by atoms with Gasteiger partial charge in [0, 0.05) is 6.07 Å². The lowest BCUT2D eigenvalue weighted by Gasteiger charge is -2.27. The number of phenols is 1. The summed E-state index contributed by atoms with van der Waals surface area (Å²) >= 11 is 0. The van der Waals surface area contributed by atoms with Crippen molar-refractivity contribution in [3.63, 3.8) is 0 Å². The molecule has 1 aromatic rings. The highest BCUT2D eigenvalue weighted by Crippen LogP contribution is 2.32. The van der Waals surface area contributed by atoms with Crippen molar-refractivity contribution in [2.75, 3.05) is 7.11 Å². The minimum Gasteiger partial charge on any atom is -0.508 e. The standard InChI is InChI=1S/C15H18O3/c1-10(8-11(2)17-3)14-7-5-12-4-6-13(16)9-15(12)18-14/h4,6,8-9,14,16H,2,5,7H2,1,3H3/b10-8+/t14-/m0/s1. The molecule has 1 atom stereocenters. The van der Waals surface area contributed by atoms with Gasteiger partial charge in [-0.15, -0.1) is 0 Å². The first kappa shape index (κ1) is 12.6. The number of methoxy groups -OCH3 is 1. The van der Waals surface area contributed by atoms with Crippen molar-refractivity contribution in [2.24, 2.45) is 0 Å². The summed E-state index contributed by atoms with van der Waals surface area (Å²) in [6.07, 6.45) is 3.78. The fraction of sp³-hybridized carbons (Fsp3) is 0.333. The van der Waals surface area contributed by atoms with Crippen LogP contribution < -0.4 is 4.74 Å². The van der Waals surface area contributed by atoms with E-state index >= 15 is 0 Å². The Bertz CT molecular complexity index is 489. The molecule has 0 aromatic heterocycles. The predicted molar refractivity (Wildman–Crippen MR) is 70.7 cm³/mol. The van der Waals surface area contributed by atoms with Crippen molar-refractivity contribution in [3.8, 4) is 11.5 Å². The van der Waals surface area contributed by atoms with E-state index in [1.54, 1.807) is 19.2 Å². The van der Waals surface area contributed by atoms with Gasteiger partial charge in [-0.1, -0.05) is 12.6 Å². The van der Waals surface area contributed by atoms with Gasteiger partial charge in [-0.25, -0.2) is 0 Å². The van der Waals surface area contributed by atoms with Crippen LogP contribution in [-0.4, -0.2) is 18.3 Å². The summed E-state index contributed by atoms with van der Waals surface area (Å²) < 4.78 is 10.9. The molecule has 0 amide bonds. The predicted octanol–water partition coefficient (Wildman–Crippen LogP) is 3.19. The number of ether oxygens (including phenoxy) is 2. The molecule has 0 bridgehead atoms. The Labute approximate surface area is 107 Å². The van der Waals surface area contributed by atoms with Crippen molar-refractivity contribution >= 4 is 0 Å². The van der Waals surface area contributed by atoms with Crippen LogP contribution in [0, 0.1) is 0 Å². The lowest BCUT2D eigenvalue weighted by molar-refractivity contribution is 0.205. The van der Waals surface area contributed by atoms with E-state index in [1.165, 1.54) is 0 Å². The number of hydrogen-bond donors (Lipinski definition) is 1. The summed E-state index contributed by atoms with van der Waals surface area (Å²) in [6.45, 7) is 5.77. The number of aromatic hydroxyl groups is 1. The van der Waals surface area contributed by atoms with Gasteiger partial charge >= 0.3 is 0 Å². The Morgan fingerprint density at radius 2 is 2.33 bits per heavy atom. The van der Waals surface area contributed by atoms with Gasteiger partial charge in [-0.3, -0.25) is 0 Å². The van der Waals surface area contributed by atoms with E-state index in [0.717, 1.165) is 29.7 Å². The molecular formula is C15H18O3. The Balaban J connectivity index is 2.16. The second kappa shape index (κ2) is 5.17. The fourth-order valence-corrected chi connectivity index (χ4v) is 2.08. The molecule has 3 heteroatoms. The van der Waals surface area contributed by atoms with Crippen LogP contribution in [-0.2, 0) is 11.2 Å². The monoisotopic (exact) mass is 246 g/mol. The minimum atomic E-state index is 0.0196. The summed E-state index contributed by atoms with van der Waals surface area (Å²) in [7, 11) is 1.60. The molecule has 0 unspecified atom stereocenters. The molecule has 2 rings (SSSR count). The molecular weight excluding hydrogens is 228 g/mol. The number of hydrogen-bond acceptors (Lipinski definition) is 3. The molecule has 0 radical (unpaired) electrons. The van der Waals surface area contributed by atoms with Crippen LogP contribution in [0.1, 0.15) is 18.9 Å². The highest BCUT2D eigenvalue weighted by Gasteiger charge is 2.21. The highest BCUT2D eigenvalue weighted by molar-refractivity contribution is 5.42. The molecule has 0 saturated heterocycles. The second-order valence-corrected chi connectivity index (χ2v) is 4.50. The van der Waals surface area contributed by atoms with Gasteiger partial charge in [0.1, 0.15) is 23.4 Å². The first-order valence-electron chi connectivity index (χ1n) is 6.00. The normalized spacial score (nSPS) is 18.8. The van der Waals surface area contributed by atoms with E-state index in [-0.39, 0.29) is 11.9 Å². The second-order valence-electron chi connectivity index (χ2n) is 4.50. The third-order valence-electron chi connectivity index (χ3n) is 3.15. The number of benzene rings is 1. The maximum Gasteiger partial charge on any atom is 0.127 e. The van der Waals surface area contributed by atoms with Gasteiger partial charge < -0.3 is 14.6 Å². The van der Waals surface area contributed by atoms with E-state index in [2.05, 4.69) is 6.58 Å². The average Bonchev–Trinajstić information content (AvgIpc) is 2.37. The van der Waals surface area contributed by atoms with Crippen LogP contribution in [0.4, 0.5) is 0 Å². The summed E-state index contributed by atoms with van der Waals surface area (Å²) in [6, 6.07) is 5.27. The number of rotatable bonds is 3. The van der Waals surface area contributed by atoms with Crippen molar-refractivity contribution in [1.29, 1.82) is 0 Å². The maximum atomic E-state index is 9.47. The summed E-state index contributed by atoms with van der Waals surface area (Å²) in [5, 5.41) is 9.47. The van der Waals surface area contributed by atoms with E-state index in [4.69, 9.17) is 9.47 Å². The zero-order valence-corrected chi connectivity index (χ0v) is 10.8. The summed E-state index contributed by atoms with van der Waals surface area (Å²) in [4.78, 5) is 0. The maximum absolute atomic E-state index is 9.47. The van der Waals surface area contributed by atoms with Crippen LogP contribution in [0.3, 0.4) is 0 Å². The third-order valence-corrected chi connectivity index (χ3v) is 3.15. The zero-order valence-electron chi connectivity index (χ0n) is 10.8. The molecule has 0 spiro atoms. The number of aryl methyl sites for hydroxylation is 1. The van der Waals surface area contributed by atoms with Gasteiger partial charge in [0.05, 0.1) is 7.11 Å². The number of fused-ring (bicyclic) bond motifs is 1. The van der Waals surface area contributed by atoms with Crippen LogP contribution >= 0.6 is 0 Å². The summed E-state index contributed by atoms with van der Waals surface area (Å²) in [5.74, 6) is 1.62. The molecule has 0 fully saturated rings. The molecule has 1 N–H and O–H groups in total. The van der Waals surface area contributed by atoms with Crippen LogP contribution in [0.15, 0.2) is 42.2 Å². The van der Waals surface area contributed by atoms with Crippen molar-refractivity contribution in [2.45, 2.75) is 25.9 Å². The average molecular weight is 246 g/mol. The Hall–Kier alpha value is -1.90. The van der Waals surface area contributed by atoms with Crippen molar-refractivity contribution in [3.05, 3.63) is 47.7 Å². The third kappa shape index (κ3) is 2.67. The zero-order chi connectivity index (χ0) is 13.1. The molecule has 1 heterocycles.